The summed E-state index contributed by atoms with van der Waals surface area (Å²) in [6.07, 6.45) is 8.81. The van der Waals surface area contributed by atoms with Crippen LogP contribution >= 0.6 is 0 Å². The smallest absolute Gasteiger partial charge is 0.0163 e. The quantitative estimate of drug-likeness (QED) is 0.453. The molecule has 16 heavy (non-hydrogen) atoms. The third-order valence-electron chi connectivity index (χ3n) is 3.23. The second kappa shape index (κ2) is 7.86. The van der Waals surface area contributed by atoms with Crippen LogP contribution in [0.25, 0.3) is 0 Å². The summed E-state index contributed by atoms with van der Waals surface area (Å²) in [5.74, 6) is 0. The van der Waals surface area contributed by atoms with Crippen molar-refractivity contribution in [1.29, 1.82) is 0 Å². The third kappa shape index (κ3) is 6.29. The molecule has 94 valence electrons. The van der Waals surface area contributed by atoms with E-state index >= 15 is 0 Å². The van der Waals surface area contributed by atoms with Gasteiger partial charge in [0, 0.05) is 18.6 Å². The van der Waals surface area contributed by atoms with Gasteiger partial charge in [0.25, 0.3) is 0 Å². The normalized spacial score (nSPS) is 16.0. The summed E-state index contributed by atoms with van der Waals surface area (Å²) >= 11 is 0. The Kier molecular flexibility index (Phi) is 6.74. The molecule has 2 nitrogen and oxygen atoms in total. The summed E-state index contributed by atoms with van der Waals surface area (Å²) in [5, 5.41) is 3.56. The van der Waals surface area contributed by atoms with Crippen LogP contribution in [0, 0.1) is 0 Å². The van der Waals surface area contributed by atoms with Crippen molar-refractivity contribution in [2.24, 2.45) is 0 Å². The van der Waals surface area contributed by atoms with E-state index < -0.39 is 0 Å². The SMILES string of the molecule is C=CCN(CCCCCNC1CC1)C(C)C. The molecule has 0 saturated heterocycles. The molecular weight excluding hydrogens is 196 g/mol. The van der Waals surface area contributed by atoms with Gasteiger partial charge in [-0.25, -0.2) is 0 Å². The van der Waals surface area contributed by atoms with E-state index in [0.717, 1.165) is 12.6 Å². The lowest BCUT2D eigenvalue weighted by Gasteiger charge is -2.24. The fourth-order valence-corrected chi connectivity index (χ4v) is 1.94. The van der Waals surface area contributed by atoms with E-state index in [9.17, 15) is 0 Å². The summed E-state index contributed by atoms with van der Waals surface area (Å²) in [7, 11) is 0. The minimum atomic E-state index is 0.641. The van der Waals surface area contributed by atoms with Gasteiger partial charge in [0.2, 0.25) is 0 Å². The maximum atomic E-state index is 3.82. The van der Waals surface area contributed by atoms with Crippen LogP contribution in [-0.2, 0) is 0 Å². The zero-order valence-electron chi connectivity index (χ0n) is 11.0. The molecule has 1 fully saturated rings. The van der Waals surface area contributed by atoms with Crippen molar-refractivity contribution in [3.63, 3.8) is 0 Å². The van der Waals surface area contributed by atoms with Crippen molar-refractivity contribution in [3.05, 3.63) is 12.7 Å². The molecule has 0 aromatic rings. The van der Waals surface area contributed by atoms with Gasteiger partial charge >= 0.3 is 0 Å². The van der Waals surface area contributed by atoms with Crippen LogP contribution in [-0.4, -0.2) is 36.6 Å². The van der Waals surface area contributed by atoms with E-state index in [1.165, 1.54) is 45.2 Å². The summed E-state index contributed by atoms with van der Waals surface area (Å²) in [4.78, 5) is 2.49. The Hall–Kier alpha value is -0.340. The maximum absolute atomic E-state index is 3.82. The summed E-state index contributed by atoms with van der Waals surface area (Å²) in [6, 6.07) is 1.51. The van der Waals surface area contributed by atoms with E-state index in [1.54, 1.807) is 0 Å². The van der Waals surface area contributed by atoms with Crippen LogP contribution in [0.5, 0.6) is 0 Å². The van der Waals surface area contributed by atoms with Crippen LogP contribution in [0.15, 0.2) is 12.7 Å². The molecule has 1 saturated carbocycles. The Bertz CT molecular complexity index is 185. The van der Waals surface area contributed by atoms with Gasteiger partial charge in [0.05, 0.1) is 0 Å². The molecule has 0 unspecified atom stereocenters. The van der Waals surface area contributed by atoms with Crippen molar-refractivity contribution < 1.29 is 0 Å². The highest BCUT2D eigenvalue weighted by Gasteiger charge is 2.19. The van der Waals surface area contributed by atoms with Gasteiger partial charge in [-0.2, -0.15) is 0 Å². The van der Waals surface area contributed by atoms with Gasteiger partial charge < -0.3 is 5.32 Å². The fourth-order valence-electron chi connectivity index (χ4n) is 1.94. The standard InChI is InChI=1S/C14H28N2/c1-4-11-16(13(2)3)12-7-5-6-10-15-14-8-9-14/h4,13-15H,1,5-12H2,2-3H3. The second-order valence-corrected chi connectivity index (χ2v) is 5.17. The largest absolute Gasteiger partial charge is 0.314 e. The summed E-state index contributed by atoms with van der Waals surface area (Å²) < 4.78 is 0. The molecule has 0 aliphatic heterocycles. The lowest BCUT2D eigenvalue weighted by Crippen LogP contribution is -2.32. The van der Waals surface area contributed by atoms with Crippen LogP contribution in [0.3, 0.4) is 0 Å². The minimum absolute atomic E-state index is 0.641. The number of hydrogen-bond donors (Lipinski definition) is 1. The first kappa shape index (κ1) is 13.7. The van der Waals surface area contributed by atoms with E-state index in [1.807, 2.05) is 6.08 Å². The molecule has 0 aromatic heterocycles. The first-order valence-corrected chi connectivity index (χ1v) is 6.82. The van der Waals surface area contributed by atoms with E-state index in [4.69, 9.17) is 0 Å². The van der Waals surface area contributed by atoms with Gasteiger partial charge in [-0.15, -0.1) is 6.58 Å². The molecule has 2 heteroatoms. The van der Waals surface area contributed by atoms with E-state index in [-0.39, 0.29) is 0 Å². The predicted molar refractivity (Wildman–Crippen MR) is 71.8 cm³/mol. The Labute approximate surface area is 101 Å². The zero-order chi connectivity index (χ0) is 11.8. The van der Waals surface area contributed by atoms with Crippen LogP contribution < -0.4 is 5.32 Å². The highest BCUT2D eigenvalue weighted by Crippen LogP contribution is 2.18. The molecule has 1 N–H and O–H groups in total. The average molecular weight is 224 g/mol. The first-order valence-electron chi connectivity index (χ1n) is 6.82. The monoisotopic (exact) mass is 224 g/mol. The molecule has 0 amide bonds. The number of nitrogens with one attached hydrogen (secondary N) is 1. The molecule has 1 aliphatic rings. The van der Waals surface area contributed by atoms with Gasteiger partial charge in [0.1, 0.15) is 0 Å². The van der Waals surface area contributed by atoms with Crippen LogP contribution in [0.1, 0.15) is 46.0 Å². The predicted octanol–water partition coefficient (Wildman–Crippen LogP) is 2.81. The topological polar surface area (TPSA) is 15.3 Å². The lowest BCUT2D eigenvalue weighted by molar-refractivity contribution is 0.240. The molecule has 1 aliphatic carbocycles. The highest BCUT2D eigenvalue weighted by molar-refractivity contribution is 4.80. The lowest BCUT2D eigenvalue weighted by atomic mass is 10.2. The van der Waals surface area contributed by atoms with Crippen molar-refractivity contribution in [2.75, 3.05) is 19.6 Å². The summed E-state index contributed by atoms with van der Waals surface area (Å²) in [5.41, 5.74) is 0. The van der Waals surface area contributed by atoms with Gasteiger partial charge in [-0.1, -0.05) is 12.5 Å². The molecule has 1 rings (SSSR count). The number of hydrogen-bond acceptors (Lipinski definition) is 2. The van der Waals surface area contributed by atoms with Gasteiger partial charge in [0.15, 0.2) is 0 Å². The van der Waals surface area contributed by atoms with Gasteiger partial charge in [-0.3, -0.25) is 4.90 Å². The zero-order valence-corrected chi connectivity index (χ0v) is 11.0. The molecular formula is C14H28N2. The highest BCUT2D eigenvalue weighted by atomic mass is 15.1. The van der Waals surface area contributed by atoms with E-state index in [2.05, 4.69) is 30.6 Å². The Balaban J connectivity index is 1.92. The maximum Gasteiger partial charge on any atom is 0.0163 e. The Morgan fingerprint density at radius 1 is 1.31 bits per heavy atom. The fraction of sp³-hybridized carbons (Fsp3) is 0.857. The second-order valence-electron chi connectivity index (χ2n) is 5.17. The van der Waals surface area contributed by atoms with Crippen molar-refractivity contribution >= 4 is 0 Å². The Morgan fingerprint density at radius 3 is 2.62 bits per heavy atom. The average Bonchev–Trinajstić information content (AvgIpc) is 3.05. The van der Waals surface area contributed by atoms with Crippen molar-refractivity contribution in [3.8, 4) is 0 Å². The molecule has 0 aromatic carbocycles. The van der Waals surface area contributed by atoms with Crippen molar-refractivity contribution in [1.82, 2.24) is 10.2 Å². The molecule has 0 heterocycles. The van der Waals surface area contributed by atoms with Crippen LogP contribution in [0.2, 0.25) is 0 Å². The molecule has 0 radical (unpaired) electrons. The Morgan fingerprint density at radius 2 is 2.06 bits per heavy atom. The van der Waals surface area contributed by atoms with Gasteiger partial charge in [-0.05, 0) is 52.6 Å². The summed E-state index contributed by atoms with van der Waals surface area (Å²) in [6.45, 7) is 11.8. The number of unbranched alkanes of at least 4 members (excludes halogenated alkanes) is 2. The minimum Gasteiger partial charge on any atom is -0.314 e. The molecule has 0 bridgehead atoms. The van der Waals surface area contributed by atoms with Crippen molar-refractivity contribution in [2.45, 2.75) is 58.0 Å². The molecule has 0 atom stereocenters. The first-order chi connectivity index (χ1) is 7.74. The number of rotatable bonds is 10. The van der Waals surface area contributed by atoms with Crippen LogP contribution in [0.4, 0.5) is 0 Å². The van der Waals surface area contributed by atoms with E-state index in [0.29, 0.717) is 6.04 Å². The third-order valence-corrected chi connectivity index (χ3v) is 3.23. The number of nitrogens with zero attached hydrogens (tertiary/aromatic N) is 1. The molecule has 0 spiro atoms.